The van der Waals surface area contributed by atoms with E-state index < -0.39 is 17.6 Å². The average Bonchev–Trinajstić information content (AvgIpc) is 3.32. The molecule has 0 spiro atoms. The number of hydrogen-bond acceptors (Lipinski definition) is 5. The van der Waals surface area contributed by atoms with Gasteiger partial charge in [0.05, 0.1) is 10.3 Å². The van der Waals surface area contributed by atoms with Crippen molar-refractivity contribution in [2.75, 3.05) is 42.9 Å². The van der Waals surface area contributed by atoms with E-state index in [1.807, 2.05) is 24.3 Å². The summed E-state index contributed by atoms with van der Waals surface area (Å²) in [6.07, 6.45) is -3.59. The highest BCUT2D eigenvalue weighted by molar-refractivity contribution is 7.13. The molecule has 5 rings (SSSR count). The quantitative estimate of drug-likeness (QED) is 0.349. The van der Waals surface area contributed by atoms with Gasteiger partial charge in [-0.05, 0) is 72.0 Å². The van der Waals surface area contributed by atoms with Crippen molar-refractivity contribution in [3.8, 4) is 0 Å². The summed E-state index contributed by atoms with van der Waals surface area (Å²) < 4.78 is 44.1. The molecule has 1 N–H and O–H groups in total. The van der Waals surface area contributed by atoms with Gasteiger partial charge in [-0.1, -0.05) is 24.3 Å². The number of nitrogens with zero attached hydrogens (tertiary/aromatic N) is 3. The molecule has 0 aliphatic carbocycles. The highest BCUT2D eigenvalue weighted by Gasteiger charge is 2.30. The molecule has 0 radical (unpaired) electrons. The van der Waals surface area contributed by atoms with Crippen LogP contribution in [-0.4, -0.2) is 47.9 Å². The smallest absolute Gasteiger partial charge is 0.353 e. The van der Waals surface area contributed by atoms with Gasteiger partial charge in [0, 0.05) is 49.4 Å². The highest BCUT2D eigenvalue weighted by atomic mass is 32.1. The molecule has 5 nitrogen and oxygen atoms in total. The normalized spacial score (nSPS) is 14.8. The number of benzene rings is 3. The van der Waals surface area contributed by atoms with Crippen molar-refractivity contribution in [2.24, 2.45) is 0 Å². The van der Waals surface area contributed by atoms with E-state index in [0.29, 0.717) is 5.69 Å². The Morgan fingerprint density at radius 2 is 1.69 bits per heavy atom. The van der Waals surface area contributed by atoms with E-state index in [0.717, 1.165) is 62.7 Å². The average molecular weight is 511 g/mol. The summed E-state index contributed by atoms with van der Waals surface area (Å²) in [6, 6.07) is 20.1. The monoisotopic (exact) mass is 510 g/mol. The third kappa shape index (κ3) is 5.52. The van der Waals surface area contributed by atoms with Crippen LogP contribution in [0.5, 0.6) is 0 Å². The van der Waals surface area contributed by atoms with Crippen molar-refractivity contribution in [2.45, 2.75) is 12.6 Å². The van der Waals surface area contributed by atoms with Crippen LogP contribution in [0.3, 0.4) is 0 Å². The van der Waals surface area contributed by atoms with Gasteiger partial charge in [0.25, 0.3) is 5.91 Å². The second-order valence-electron chi connectivity index (χ2n) is 8.81. The number of halogens is 3. The molecule has 186 valence electrons. The van der Waals surface area contributed by atoms with Crippen LogP contribution in [0.15, 0.2) is 72.8 Å². The molecule has 4 aromatic rings. The number of fused-ring (bicyclic) bond motifs is 1. The highest BCUT2D eigenvalue weighted by Crippen LogP contribution is 2.30. The van der Waals surface area contributed by atoms with E-state index in [9.17, 15) is 18.0 Å². The lowest BCUT2D eigenvalue weighted by molar-refractivity contribution is -0.137. The largest absolute Gasteiger partial charge is 0.416 e. The van der Waals surface area contributed by atoms with Crippen molar-refractivity contribution in [3.05, 3.63) is 89.5 Å². The molecule has 1 aromatic heterocycles. The molecule has 1 fully saturated rings. The molecule has 1 aliphatic heterocycles. The molecule has 36 heavy (non-hydrogen) atoms. The Hall–Kier alpha value is -3.43. The van der Waals surface area contributed by atoms with Crippen LogP contribution in [0.25, 0.3) is 10.1 Å². The molecule has 0 atom stereocenters. The summed E-state index contributed by atoms with van der Waals surface area (Å²) in [6.45, 7) is 4.67. The number of rotatable bonds is 6. The van der Waals surface area contributed by atoms with Crippen molar-refractivity contribution < 1.29 is 18.0 Å². The lowest BCUT2D eigenvalue weighted by atomic mass is 10.1. The molecule has 1 aliphatic rings. The van der Waals surface area contributed by atoms with Gasteiger partial charge in [0.15, 0.2) is 0 Å². The Kier molecular flexibility index (Phi) is 6.93. The first kappa shape index (κ1) is 24.3. The summed E-state index contributed by atoms with van der Waals surface area (Å²) in [5.41, 5.74) is 1.12. The number of carbonyl (C=O) groups is 1. The van der Waals surface area contributed by atoms with Crippen LogP contribution in [0, 0.1) is 0 Å². The number of nitrogens with one attached hydrogen (secondary N) is 1. The maximum atomic E-state index is 12.8. The van der Waals surface area contributed by atoms with Crippen LogP contribution in [0.1, 0.15) is 21.5 Å². The van der Waals surface area contributed by atoms with Crippen molar-refractivity contribution in [1.82, 2.24) is 9.27 Å². The van der Waals surface area contributed by atoms with Crippen molar-refractivity contribution >= 4 is 39.0 Å². The molecule has 0 bridgehead atoms. The van der Waals surface area contributed by atoms with Gasteiger partial charge in [-0.2, -0.15) is 17.5 Å². The third-order valence-electron chi connectivity index (χ3n) is 6.41. The fraction of sp³-hybridized carbons (Fsp3) is 0.259. The first-order valence-corrected chi connectivity index (χ1v) is 12.5. The summed E-state index contributed by atoms with van der Waals surface area (Å²) in [5, 5.41) is 4.00. The van der Waals surface area contributed by atoms with Crippen molar-refractivity contribution in [1.29, 1.82) is 0 Å². The first-order valence-electron chi connectivity index (χ1n) is 11.8. The van der Waals surface area contributed by atoms with Gasteiger partial charge in [-0.3, -0.25) is 9.69 Å². The number of amides is 1. The Labute approximate surface area is 211 Å². The Morgan fingerprint density at radius 1 is 0.944 bits per heavy atom. The Bertz CT molecular complexity index is 1350. The molecule has 1 saturated heterocycles. The molecular weight excluding hydrogens is 485 g/mol. The second-order valence-corrected chi connectivity index (χ2v) is 9.62. The second kappa shape index (κ2) is 10.3. The maximum absolute atomic E-state index is 12.8. The van der Waals surface area contributed by atoms with E-state index in [4.69, 9.17) is 0 Å². The van der Waals surface area contributed by atoms with E-state index in [1.165, 1.54) is 22.2 Å². The van der Waals surface area contributed by atoms with Crippen LogP contribution in [0.2, 0.25) is 0 Å². The van der Waals surface area contributed by atoms with Crippen LogP contribution >= 0.6 is 11.5 Å². The number of aromatic nitrogens is 1. The predicted octanol–water partition coefficient (Wildman–Crippen LogP) is 5.93. The molecule has 3 aromatic carbocycles. The fourth-order valence-corrected chi connectivity index (χ4v) is 5.19. The topological polar surface area (TPSA) is 48.5 Å². The Balaban J connectivity index is 1.13. The summed E-state index contributed by atoms with van der Waals surface area (Å²) in [5.74, 6) is 0.637. The molecule has 0 saturated carbocycles. The zero-order valence-electron chi connectivity index (χ0n) is 19.5. The van der Waals surface area contributed by atoms with Gasteiger partial charge in [0.2, 0.25) is 0 Å². The zero-order valence-corrected chi connectivity index (χ0v) is 20.3. The fourth-order valence-electron chi connectivity index (χ4n) is 4.39. The van der Waals surface area contributed by atoms with E-state index >= 15 is 0 Å². The number of alkyl halides is 3. The predicted molar refractivity (Wildman–Crippen MR) is 138 cm³/mol. The standard InChI is InChI=1S/C27H25F3N4OS/c28-27(29,30)21-10-8-20(9-11-21)26(35)31-22-5-3-4-19(18-22)12-13-33-14-16-34(17-15-33)25-23-6-1-2-7-24(23)36-32-25/h1-11,18H,12-17H2,(H,31,35). The lowest BCUT2D eigenvalue weighted by Gasteiger charge is -2.35. The summed E-state index contributed by atoms with van der Waals surface area (Å²) in [4.78, 5) is 17.3. The van der Waals surface area contributed by atoms with Crippen LogP contribution in [0.4, 0.5) is 24.7 Å². The Morgan fingerprint density at radius 3 is 2.44 bits per heavy atom. The molecular formula is C27H25F3N4OS. The van der Waals surface area contributed by atoms with Gasteiger partial charge in [-0.25, -0.2) is 0 Å². The SMILES string of the molecule is O=C(Nc1cccc(CCN2CCN(c3nsc4ccccc34)CC2)c1)c1ccc(C(F)(F)F)cc1. The molecule has 1 amide bonds. The minimum absolute atomic E-state index is 0.180. The number of anilines is 2. The third-order valence-corrected chi connectivity index (χ3v) is 7.22. The minimum Gasteiger partial charge on any atom is -0.353 e. The zero-order chi connectivity index (χ0) is 25.1. The minimum atomic E-state index is -4.43. The van der Waals surface area contributed by atoms with E-state index in [1.54, 1.807) is 17.6 Å². The number of carbonyl (C=O) groups excluding carboxylic acids is 1. The van der Waals surface area contributed by atoms with Crippen LogP contribution < -0.4 is 10.2 Å². The first-order chi connectivity index (χ1) is 17.4. The molecule has 9 heteroatoms. The molecule has 0 unspecified atom stereocenters. The van der Waals surface area contributed by atoms with E-state index in [-0.39, 0.29) is 5.56 Å². The van der Waals surface area contributed by atoms with Crippen LogP contribution in [-0.2, 0) is 12.6 Å². The maximum Gasteiger partial charge on any atom is 0.416 e. The molecule has 2 heterocycles. The number of piperazine rings is 1. The van der Waals surface area contributed by atoms with Gasteiger partial charge < -0.3 is 10.2 Å². The lowest BCUT2D eigenvalue weighted by Crippen LogP contribution is -2.47. The van der Waals surface area contributed by atoms with Gasteiger partial charge in [-0.15, -0.1) is 0 Å². The number of hydrogen-bond donors (Lipinski definition) is 1. The van der Waals surface area contributed by atoms with Gasteiger partial charge in [0.1, 0.15) is 5.82 Å². The summed E-state index contributed by atoms with van der Waals surface area (Å²) in [7, 11) is 0. The van der Waals surface area contributed by atoms with Crippen molar-refractivity contribution in [3.63, 3.8) is 0 Å². The summed E-state index contributed by atoms with van der Waals surface area (Å²) >= 11 is 1.54. The van der Waals surface area contributed by atoms with E-state index in [2.05, 4.69) is 37.7 Å². The van der Waals surface area contributed by atoms with Gasteiger partial charge >= 0.3 is 6.18 Å².